The van der Waals surface area contributed by atoms with Crippen LogP contribution in [-0.4, -0.2) is 15.9 Å². The molecular formula is C10H12N6OS2. The summed E-state index contributed by atoms with van der Waals surface area (Å²) in [7, 11) is 0. The van der Waals surface area contributed by atoms with Crippen molar-refractivity contribution < 1.29 is 4.79 Å². The highest BCUT2D eigenvalue weighted by Gasteiger charge is 2.08. The van der Waals surface area contributed by atoms with Gasteiger partial charge in [0.05, 0.1) is 4.88 Å². The molecule has 0 saturated carbocycles. The van der Waals surface area contributed by atoms with Gasteiger partial charge in [0.15, 0.2) is 5.16 Å². The van der Waals surface area contributed by atoms with Gasteiger partial charge in [-0.3, -0.25) is 10.2 Å². The number of thioether (sulfide) groups is 1. The number of aromatic nitrogens is 2. The van der Waals surface area contributed by atoms with Gasteiger partial charge in [-0.05, 0) is 12.1 Å². The van der Waals surface area contributed by atoms with Crippen molar-refractivity contribution in [3.8, 4) is 0 Å². The molecule has 0 aliphatic carbocycles. The van der Waals surface area contributed by atoms with Crippen LogP contribution in [0, 0.1) is 0 Å². The van der Waals surface area contributed by atoms with Crippen molar-refractivity contribution in [3.05, 3.63) is 28.0 Å². The minimum Gasteiger partial charge on any atom is -0.383 e. The van der Waals surface area contributed by atoms with Crippen molar-refractivity contribution in [3.63, 3.8) is 0 Å². The number of thiophene rings is 1. The first-order valence-corrected chi connectivity index (χ1v) is 7.01. The molecule has 7 N–H and O–H groups in total. The minimum atomic E-state index is -0.300. The number of amides is 1. The maximum atomic E-state index is 11.3. The van der Waals surface area contributed by atoms with Crippen LogP contribution < -0.4 is 22.7 Å². The topological polar surface area (TPSA) is 133 Å². The molecule has 0 bridgehead atoms. The first-order valence-electron chi connectivity index (χ1n) is 5.21. The molecule has 0 saturated heterocycles. The largest absolute Gasteiger partial charge is 0.383 e. The summed E-state index contributed by atoms with van der Waals surface area (Å²) < 4.78 is 0. The van der Waals surface area contributed by atoms with Crippen LogP contribution in [0.4, 0.5) is 11.6 Å². The quantitative estimate of drug-likeness (QED) is 0.213. The Balaban J connectivity index is 2.02. The van der Waals surface area contributed by atoms with Gasteiger partial charge in [0.25, 0.3) is 5.91 Å². The van der Waals surface area contributed by atoms with Crippen molar-refractivity contribution in [2.45, 2.75) is 10.9 Å². The molecule has 0 aromatic carbocycles. The van der Waals surface area contributed by atoms with Crippen LogP contribution in [-0.2, 0) is 5.75 Å². The number of nitrogen functional groups attached to an aromatic ring is 3. The minimum absolute atomic E-state index is 0.300. The number of carbonyl (C=O) groups is 1. The van der Waals surface area contributed by atoms with Gasteiger partial charge in [-0.25, -0.2) is 15.8 Å². The monoisotopic (exact) mass is 296 g/mol. The van der Waals surface area contributed by atoms with Gasteiger partial charge < -0.3 is 11.5 Å². The van der Waals surface area contributed by atoms with Crippen molar-refractivity contribution in [1.82, 2.24) is 15.4 Å². The smallest absolute Gasteiger partial charge is 0.275 e. The molecule has 0 spiro atoms. The summed E-state index contributed by atoms with van der Waals surface area (Å²) in [6.45, 7) is 0. The number of nitrogens with one attached hydrogen (secondary N) is 1. The lowest BCUT2D eigenvalue weighted by Gasteiger charge is -2.01. The second-order valence-corrected chi connectivity index (χ2v) is 5.64. The first-order chi connectivity index (χ1) is 9.08. The summed E-state index contributed by atoms with van der Waals surface area (Å²) in [4.78, 5) is 21.0. The summed E-state index contributed by atoms with van der Waals surface area (Å²) in [6.07, 6.45) is 0. The average Bonchev–Trinajstić information content (AvgIpc) is 2.83. The Morgan fingerprint density at radius 3 is 2.63 bits per heavy atom. The van der Waals surface area contributed by atoms with Crippen LogP contribution in [0.3, 0.4) is 0 Å². The molecule has 2 aromatic rings. The lowest BCUT2D eigenvalue weighted by molar-refractivity contribution is 0.0957. The lowest BCUT2D eigenvalue weighted by Crippen LogP contribution is -2.29. The van der Waals surface area contributed by atoms with Crippen LogP contribution in [0.15, 0.2) is 23.4 Å². The van der Waals surface area contributed by atoms with Gasteiger partial charge in [-0.1, -0.05) is 11.8 Å². The normalized spacial score (nSPS) is 10.4. The highest BCUT2D eigenvalue weighted by atomic mass is 32.2. The van der Waals surface area contributed by atoms with E-state index < -0.39 is 0 Å². The standard InChI is InChI=1S/C10H12N6OS2/c11-7-3-8(12)15-10(14-7)18-4-5-1-2-6(19-5)9(17)16-13/h1-3H,4,13H2,(H,16,17)(H4,11,12,14,15). The third-order valence-corrected chi connectivity index (χ3v) is 4.27. The second kappa shape index (κ2) is 5.87. The zero-order valence-corrected chi connectivity index (χ0v) is 11.4. The Bertz CT molecular complexity index is 579. The van der Waals surface area contributed by atoms with Gasteiger partial charge in [-0.2, -0.15) is 0 Å². The molecule has 19 heavy (non-hydrogen) atoms. The van der Waals surface area contributed by atoms with E-state index in [4.69, 9.17) is 17.3 Å². The van der Waals surface area contributed by atoms with E-state index in [9.17, 15) is 4.79 Å². The fourth-order valence-corrected chi connectivity index (χ4v) is 3.14. The molecule has 0 fully saturated rings. The fraction of sp³-hybridized carbons (Fsp3) is 0.100. The fourth-order valence-electron chi connectivity index (χ4n) is 1.31. The van der Waals surface area contributed by atoms with Crippen LogP contribution in [0.1, 0.15) is 14.5 Å². The highest BCUT2D eigenvalue weighted by molar-refractivity contribution is 7.98. The second-order valence-electron chi connectivity index (χ2n) is 3.53. The van der Waals surface area contributed by atoms with Gasteiger partial charge >= 0.3 is 0 Å². The predicted octanol–water partition coefficient (Wildman–Crippen LogP) is 0.598. The Morgan fingerprint density at radius 1 is 1.32 bits per heavy atom. The Morgan fingerprint density at radius 2 is 2.00 bits per heavy atom. The molecular weight excluding hydrogens is 284 g/mol. The maximum absolute atomic E-state index is 11.3. The van der Waals surface area contributed by atoms with E-state index in [-0.39, 0.29) is 5.91 Å². The van der Waals surface area contributed by atoms with E-state index in [1.165, 1.54) is 29.2 Å². The molecule has 2 aromatic heterocycles. The molecule has 9 heteroatoms. The van der Waals surface area contributed by atoms with E-state index in [0.29, 0.717) is 27.4 Å². The zero-order valence-electron chi connectivity index (χ0n) is 9.79. The van der Waals surface area contributed by atoms with Gasteiger partial charge in [0.1, 0.15) is 11.6 Å². The van der Waals surface area contributed by atoms with Gasteiger partial charge in [-0.15, -0.1) is 11.3 Å². The van der Waals surface area contributed by atoms with Gasteiger partial charge in [0, 0.05) is 16.7 Å². The molecule has 1 amide bonds. The van der Waals surface area contributed by atoms with Crippen molar-refractivity contribution in [1.29, 1.82) is 0 Å². The van der Waals surface area contributed by atoms with Gasteiger partial charge in [0.2, 0.25) is 0 Å². The lowest BCUT2D eigenvalue weighted by atomic mass is 10.4. The van der Waals surface area contributed by atoms with E-state index in [1.54, 1.807) is 6.07 Å². The van der Waals surface area contributed by atoms with E-state index in [1.807, 2.05) is 6.07 Å². The number of hydrogen-bond acceptors (Lipinski definition) is 8. The number of rotatable bonds is 4. The third kappa shape index (κ3) is 3.56. The van der Waals surface area contributed by atoms with E-state index in [0.717, 1.165) is 4.88 Å². The first kappa shape index (κ1) is 13.6. The summed E-state index contributed by atoms with van der Waals surface area (Å²) in [5.74, 6) is 6.07. The Kier molecular flexibility index (Phi) is 4.20. The molecule has 0 radical (unpaired) electrons. The molecule has 0 atom stereocenters. The summed E-state index contributed by atoms with van der Waals surface area (Å²) in [5.41, 5.74) is 13.3. The molecule has 7 nitrogen and oxygen atoms in total. The van der Waals surface area contributed by atoms with Crippen LogP contribution in [0.2, 0.25) is 0 Å². The number of hydrazine groups is 1. The summed E-state index contributed by atoms with van der Waals surface area (Å²) in [5, 5.41) is 0.510. The maximum Gasteiger partial charge on any atom is 0.275 e. The number of hydrogen-bond donors (Lipinski definition) is 4. The van der Waals surface area contributed by atoms with E-state index in [2.05, 4.69) is 15.4 Å². The number of carbonyl (C=O) groups excluding carboxylic acids is 1. The number of anilines is 2. The molecule has 2 rings (SSSR count). The number of nitrogens with two attached hydrogens (primary N) is 3. The van der Waals surface area contributed by atoms with Crippen LogP contribution in [0.5, 0.6) is 0 Å². The van der Waals surface area contributed by atoms with Crippen LogP contribution >= 0.6 is 23.1 Å². The molecule has 0 unspecified atom stereocenters. The SMILES string of the molecule is NNC(=O)c1ccc(CSc2nc(N)cc(N)n2)s1. The van der Waals surface area contributed by atoms with E-state index >= 15 is 0 Å². The summed E-state index contributed by atoms with van der Waals surface area (Å²) >= 11 is 2.76. The summed E-state index contributed by atoms with van der Waals surface area (Å²) in [6, 6.07) is 5.08. The van der Waals surface area contributed by atoms with Crippen LogP contribution in [0.25, 0.3) is 0 Å². The molecule has 2 heterocycles. The number of nitrogens with zero attached hydrogens (tertiary/aromatic N) is 2. The average molecular weight is 296 g/mol. The zero-order chi connectivity index (χ0) is 13.8. The predicted molar refractivity (Wildman–Crippen MR) is 76.4 cm³/mol. The highest BCUT2D eigenvalue weighted by Crippen LogP contribution is 2.25. The molecule has 0 aliphatic heterocycles. The van der Waals surface area contributed by atoms with Crippen molar-refractivity contribution in [2.75, 3.05) is 11.5 Å². The van der Waals surface area contributed by atoms with Crippen molar-refractivity contribution in [2.24, 2.45) is 5.84 Å². The Labute approximate surface area is 117 Å². The molecule has 0 aliphatic rings. The van der Waals surface area contributed by atoms with Crippen molar-refractivity contribution >= 4 is 40.6 Å². The Hall–Kier alpha value is -1.84. The third-order valence-electron chi connectivity index (χ3n) is 2.11. The molecule has 100 valence electrons.